The Morgan fingerprint density at radius 2 is 2.10 bits per heavy atom. The lowest BCUT2D eigenvalue weighted by molar-refractivity contribution is 0.169. The minimum absolute atomic E-state index is 0.199. The van der Waals surface area contributed by atoms with Gasteiger partial charge in [-0.05, 0) is 24.7 Å². The molecule has 0 saturated heterocycles. The van der Waals surface area contributed by atoms with Gasteiger partial charge in [0.2, 0.25) is 0 Å². The van der Waals surface area contributed by atoms with Crippen LogP contribution in [-0.4, -0.2) is 25.2 Å². The highest BCUT2D eigenvalue weighted by atomic mass is 19.1. The Kier molecular flexibility index (Phi) is 3.52. The topological polar surface area (TPSA) is 43.4 Å². The molecule has 0 aliphatic carbocycles. The van der Waals surface area contributed by atoms with Crippen molar-refractivity contribution in [3.8, 4) is 11.5 Å². The second-order valence-electron chi connectivity index (χ2n) is 4.53. The number of pyridine rings is 1. The van der Waals surface area contributed by atoms with Crippen molar-refractivity contribution in [2.45, 2.75) is 6.04 Å². The largest absolute Gasteiger partial charge is 0.486 e. The van der Waals surface area contributed by atoms with Gasteiger partial charge in [-0.25, -0.2) is 4.39 Å². The summed E-state index contributed by atoms with van der Waals surface area (Å²) in [5.74, 6) is 1.07. The molecule has 3 rings (SSSR count). The van der Waals surface area contributed by atoms with E-state index in [-0.39, 0.29) is 11.9 Å². The molecule has 1 atom stereocenters. The molecule has 20 heavy (non-hydrogen) atoms. The lowest BCUT2D eigenvalue weighted by atomic mass is 9.98. The Labute approximate surface area is 116 Å². The summed E-state index contributed by atoms with van der Waals surface area (Å²) in [5, 5.41) is 3.17. The first kappa shape index (κ1) is 12.9. The lowest BCUT2D eigenvalue weighted by Crippen LogP contribution is -2.22. The number of aromatic nitrogens is 1. The van der Waals surface area contributed by atoms with Gasteiger partial charge >= 0.3 is 0 Å². The van der Waals surface area contributed by atoms with Crippen LogP contribution in [0.4, 0.5) is 4.39 Å². The zero-order valence-electron chi connectivity index (χ0n) is 11.1. The summed E-state index contributed by atoms with van der Waals surface area (Å²) in [5.41, 5.74) is 1.66. The van der Waals surface area contributed by atoms with Crippen molar-refractivity contribution in [2.75, 3.05) is 20.3 Å². The summed E-state index contributed by atoms with van der Waals surface area (Å²) in [7, 11) is 1.82. The lowest BCUT2D eigenvalue weighted by Gasteiger charge is -2.25. The third kappa shape index (κ3) is 2.32. The molecule has 0 saturated carbocycles. The summed E-state index contributed by atoms with van der Waals surface area (Å²) in [6, 6.07) is 6.99. The van der Waals surface area contributed by atoms with E-state index < -0.39 is 0 Å². The van der Waals surface area contributed by atoms with Crippen LogP contribution in [0.3, 0.4) is 0 Å². The number of hydrogen-bond acceptors (Lipinski definition) is 4. The molecule has 1 aliphatic heterocycles. The Morgan fingerprint density at radius 1 is 1.25 bits per heavy atom. The van der Waals surface area contributed by atoms with Gasteiger partial charge < -0.3 is 14.8 Å². The van der Waals surface area contributed by atoms with Gasteiger partial charge in [0.05, 0.1) is 12.2 Å². The van der Waals surface area contributed by atoms with Crippen LogP contribution in [0, 0.1) is 5.82 Å². The van der Waals surface area contributed by atoms with Crippen molar-refractivity contribution in [3.05, 3.63) is 53.6 Å². The molecule has 1 aromatic carbocycles. The highest BCUT2D eigenvalue weighted by Crippen LogP contribution is 2.38. The fourth-order valence-corrected chi connectivity index (χ4v) is 2.41. The van der Waals surface area contributed by atoms with Crippen molar-refractivity contribution < 1.29 is 13.9 Å². The predicted octanol–water partition coefficient (Wildman–Crippen LogP) is 2.30. The molecule has 0 spiro atoms. The zero-order chi connectivity index (χ0) is 13.9. The van der Waals surface area contributed by atoms with Crippen LogP contribution in [0.25, 0.3) is 0 Å². The highest BCUT2D eigenvalue weighted by molar-refractivity contribution is 5.51. The number of nitrogens with zero attached hydrogens (tertiary/aromatic N) is 1. The molecule has 1 N–H and O–H groups in total. The quantitative estimate of drug-likeness (QED) is 0.932. The van der Waals surface area contributed by atoms with Gasteiger partial charge in [-0.15, -0.1) is 0 Å². The molecule has 0 amide bonds. The van der Waals surface area contributed by atoms with Crippen molar-refractivity contribution in [1.82, 2.24) is 10.3 Å². The second-order valence-corrected chi connectivity index (χ2v) is 4.53. The predicted molar refractivity (Wildman–Crippen MR) is 72.5 cm³/mol. The van der Waals surface area contributed by atoms with Gasteiger partial charge in [0.15, 0.2) is 11.5 Å². The molecule has 4 nitrogen and oxygen atoms in total. The fourth-order valence-electron chi connectivity index (χ4n) is 2.41. The maximum Gasteiger partial charge on any atom is 0.166 e. The molecule has 1 aliphatic rings. The minimum atomic E-state index is -0.357. The first-order valence-electron chi connectivity index (χ1n) is 6.46. The first-order valence-corrected chi connectivity index (χ1v) is 6.46. The summed E-state index contributed by atoms with van der Waals surface area (Å²) in [4.78, 5) is 3.90. The Morgan fingerprint density at radius 3 is 2.90 bits per heavy atom. The maximum absolute atomic E-state index is 13.4. The van der Waals surface area contributed by atoms with Gasteiger partial charge in [0.25, 0.3) is 0 Å². The third-order valence-electron chi connectivity index (χ3n) is 3.26. The van der Waals surface area contributed by atoms with Crippen LogP contribution in [-0.2, 0) is 0 Å². The van der Waals surface area contributed by atoms with Crippen LogP contribution in [0.2, 0.25) is 0 Å². The van der Waals surface area contributed by atoms with E-state index in [0.29, 0.717) is 19.0 Å². The first-order chi connectivity index (χ1) is 9.79. The average Bonchev–Trinajstić information content (AvgIpc) is 2.48. The van der Waals surface area contributed by atoms with Gasteiger partial charge in [0, 0.05) is 11.8 Å². The molecule has 2 aromatic rings. The third-order valence-corrected chi connectivity index (χ3v) is 3.26. The van der Waals surface area contributed by atoms with E-state index in [1.165, 1.54) is 12.3 Å². The van der Waals surface area contributed by atoms with E-state index >= 15 is 0 Å². The number of benzene rings is 1. The van der Waals surface area contributed by atoms with Crippen molar-refractivity contribution in [2.24, 2.45) is 0 Å². The van der Waals surface area contributed by atoms with Crippen LogP contribution in [0.1, 0.15) is 17.2 Å². The van der Waals surface area contributed by atoms with Crippen LogP contribution < -0.4 is 14.8 Å². The number of halogens is 1. The summed E-state index contributed by atoms with van der Waals surface area (Å²) >= 11 is 0. The van der Waals surface area contributed by atoms with Crippen molar-refractivity contribution >= 4 is 0 Å². The van der Waals surface area contributed by atoms with E-state index in [0.717, 1.165) is 16.9 Å². The molecular weight excluding hydrogens is 259 g/mol. The molecule has 104 valence electrons. The van der Waals surface area contributed by atoms with E-state index in [4.69, 9.17) is 9.47 Å². The molecule has 0 radical (unpaired) electrons. The molecule has 1 aromatic heterocycles. The molecule has 0 bridgehead atoms. The number of para-hydroxylation sites is 1. The Balaban J connectivity index is 2.06. The second kappa shape index (κ2) is 5.46. The molecule has 1 unspecified atom stereocenters. The summed E-state index contributed by atoms with van der Waals surface area (Å²) in [6.07, 6.45) is 2.84. The van der Waals surface area contributed by atoms with Crippen LogP contribution in [0.15, 0.2) is 36.7 Å². The smallest absolute Gasteiger partial charge is 0.166 e. The normalized spacial score (nSPS) is 14.9. The van der Waals surface area contributed by atoms with Gasteiger partial charge in [-0.3, -0.25) is 4.98 Å². The standard InChI is InChI=1S/C15H15FN2O2/c1-17-14(10-7-11(16)9-18-8-10)12-3-2-4-13-15(12)20-6-5-19-13/h2-4,7-9,14,17H,5-6H2,1H3. The number of hydrogen-bond donors (Lipinski definition) is 1. The van der Waals surface area contributed by atoms with E-state index in [1.54, 1.807) is 6.20 Å². The number of ether oxygens (including phenoxy) is 2. The molecule has 5 heteroatoms. The zero-order valence-corrected chi connectivity index (χ0v) is 11.1. The monoisotopic (exact) mass is 274 g/mol. The average molecular weight is 274 g/mol. The van der Waals surface area contributed by atoms with Gasteiger partial charge in [0.1, 0.15) is 19.0 Å². The number of nitrogens with one attached hydrogen (secondary N) is 1. The van der Waals surface area contributed by atoms with Crippen molar-refractivity contribution in [1.29, 1.82) is 0 Å². The number of fused-ring (bicyclic) bond motifs is 1. The van der Waals surface area contributed by atoms with E-state index in [1.807, 2.05) is 25.2 Å². The Hall–Kier alpha value is -2.14. The summed E-state index contributed by atoms with van der Waals surface area (Å²) < 4.78 is 24.7. The van der Waals surface area contributed by atoms with Gasteiger partial charge in [-0.2, -0.15) is 0 Å². The van der Waals surface area contributed by atoms with Gasteiger partial charge in [-0.1, -0.05) is 12.1 Å². The molecule has 0 fully saturated rings. The number of rotatable bonds is 3. The minimum Gasteiger partial charge on any atom is -0.486 e. The molecular formula is C15H15FN2O2. The van der Waals surface area contributed by atoms with Crippen LogP contribution >= 0.6 is 0 Å². The SMILES string of the molecule is CNC(c1cncc(F)c1)c1cccc2c1OCCO2. The highest BCUT2D eigenvalue weighted by Gasteiger charge is 2.22. The maximum atomic E-state index is 13.4. The van der Waals surface area contributed by atoms with Crippen molar-refractivity contribution in [3.63, 3.8) is 0 Å². The fraction of sp³-hybridized carbons (Fsp3) is 0.267. The Bertz CT molecular complexity index is 619. The molecule has 2 heterocycles. The van der Waals surface area contributed by atoms with E-state index in [9.17, 15) is 4.39 Å². The van der Waals surface area contributed by atoms with E-state index in [2.05, 4.69) is 10.3 Å². The van der Waals surface area contributed by atoms with Crippen LogP contribution in [0.5, 0.6) is 11.5 Å². The summed E-state index contributed by atoms with van der Waals surface area (Å²) in [6.45, 7) is 1.06.